The van der Waals surface area contributed by atoms with Crippen LogP contribution in [-0.4, -0.2) is 13.0 Å². The molecule has 1 aromatic heterocycles. The topological polar surface area (TPSA) is 38.3 Å². The molecule has 0 aliphatic rings. The van der Waals surface area contributed by atoms with Crippen molar-refractivity contribution in [1.82, 2.24) is 5.32 Å². The Balaban J connectivity index is 1.75. The number of methoxy groups -OCH3 is 1. The highest BCUT2D eigenvalue weighted by molar-refractivity contribution is 7.10. The van der Waals surface area contributed by atoms with Crippen LogP contribution in [0.2, 0.25) is 0 Å². The van der Waals surface area contributed by atoms with Crippen LogP contribution in [-0.2, 0) is 11.2 Å². The predicted octanol–water partition coefficient (Wildman–Crippen LogP) is 4.51. The molecule has 4 heteroatoms. The van der Waals surface area contributed by atoms with Crippen molar-refractivity contribution >= 4 is 17.2 Å². The van der Waals surface area contributed by atoms with Gasteiger partial charge in [0.2, 0.25) is 5.91 Å². The lowest BCUT2D eigenvalue weighted by Crippen LogP contribution is -2.30. The Kier molecular flexibility index (Phi) is 5.51. The first-order valence-electron chi connectivity index (χ1n) is 8.18. The van der Waals surface area contributed by atoms with Crippen molar-refractivity contribution in [2.24, 2.45) is 0 Å². The molecule has 3 aromatic rings. The molecular weight excluding hydrogens is 330 g/mol. The summed E-state index contributed by atoms with van der Waals surface area (Å²) >= 11 is 1.65. The zero-order valence-electron chi connectivity index (χ0n) is 14.4. The Morgan fingerprint density at radius 2 is 1.80 bits per heavy atom. The van der Waals surface area contributed by atoms with Gasteiger partial charge in [-0.3, -0.25) is 4.79 Å². The van der Waals surface area contributed by atoms with E-state index >= 15 is 0 Å². The first-order chi connectivity index (χ1) is 12.2. The van der Waals surface area contributed by atoms with Gasteiger partial charge in [-0.15, -0.1) is 11.3 Å². The van der Waals surface area contributed by atoms with E-state index in [0.29, 0.717) is 6.42 Å². The molecule has 1 N–H and O–H groups in total. The molecule has 0 radical (unpaired) electrons. The second kappa shape index (κ2) is 7.99. The number of ether oxygens (including phenoxy) is 1. The van der Waals surface area contributed by atoms with Crippen LogP contribution in [0.15, 0.2) is 66.0 Å². The molecule has 0 spiro atoms. The first-order valence-corrected chi connectivity index (χ1v) is 9.06. The number of carbonyl (C=O) groups is 1. The molecule has 3 nitrogen and oxygen atoms in total. The second-order valence-electron chi connectivity index (χ2n) is 5.95. The first kappa shape index (κ1) is 17.2. The third-order valence-corrected chi connectivity index (χ3v) is 5.00. The minimum absolute atomic E-state index is 0.00384. The van der Waals surface area contributed by atoms with Gasteiger partial charge in [-0.25, -0.2) is 0 Å². The number of benzene rings is 2. The minimum Gasteiger partial charge on any atom is -0.497 e. The van der Waals surface area contributed by atoms with Crippen LogP contribution in [0.3, 0.4) is 0 Å². The van der Waals surface area contributed by atoms with E-state index in [-0.39, 0.29) is 11.9 Å². The van der Waals surface area contributed by atoms with Gasteiger partial charge in [0.05, 0.1) is 19.6 Å². The Hall–Kier alpha value is -2.59. The van der Waals surface area contributed by atoms with Gasteiger partial charge in [-0.1, -0.05) is 48.0 Å². The van der Waals surface area contributed by atoms with Gasteiger partial charge in [-0.2, -0.15) is 0 Å². The highest BCUT2D eigenvalue weighted by Gasteiger charge is 2.18. The van der Waals surface area contributed by atoms with Crippen molar-refractivity contribution in [2.75, 3.05) is 7.11 Å². The number of hydrogen-bond acceptors (Lipinski definition) is 3. The van der Waals surface area contributed by atoms with Gasteiger partial charge in [0, 0.05) is 4.88 Å². The Morgan fingerprint density at radius 3 is 2.40 bits per heavy atom. The Bertz CT molecular complexity index is 808. The van der Waals surface area contributed by atoms with Crippen molar-refractivity contribution < 1.29 is 9.53 Å². The quantitative estimate of drug-likeness (QED) is 0.709. The molecule has 0 saturated heterocycles. The number of aryl methyl sites for hydroxylation is 1. The molecule has 0 saturated carbocycles. The van der Waals surface area contributed by atoms with Gasteiger partial charge in [0.25, 0.3) is 0 Å². The fourth-order valence-electron chi connectivity index (χ4n) is 2.67. The summed E-state index contributed by atoms with van der Waals surface area (Å²) in [6.07, 6.45) is 0.345. The summed E-state index contributed by atoms with van der Waals surface area (Å²) in [5.74, 6) is 0.796. The van der Waals surface area contributed by atoms with Gasteiger partial charge in [-0.05, 0) is 41.6 Å². The van der Waals surface area contributed by atoms with Crippen LogP contribution in [0, 0.1) is 6.92 Å². The number of amides is 1. The van der Waals surface area contributed by atoms with E-state index in [2.05, 4.69) is 42.6 Å². The molecule has 1 atom stereocenters. The highest BCUT2D eigenvalue weighted by Crippen LogP contribution is 2.26. The summed E-state index contributed by atoms with van der Waals surface area (Å²) in [5, 5.41) is 5.21. The highest BCUT2D eigenvalue weighted by atomic mass is 32.1. The fraction of sp³-hybridized carbons (Fsp3) is 0.190. The molecular formula is C21H21NO2S. The average molecular weight is 351 g/mol. The van der Waals surface area contributed by atoms with Crippen LogP contribution >= 0.6 is 11.3 Å². The van der Waals surface area contributed by atoms with E-state index in [0.717, 1.165) is 21.8 Å². The van der Waals surface area contributed by atoms with Crippen molar-refractivity contribution in [3.8, 4) is 5.75 Å². The monoisotopic (exact) mass is 351 g/mol. The van der Waals surface area contributed by atoms with E-state index in [1.165, 1.54) is 5.56 Å². The van der Waals surface area contributed by atoms with Crippen LogP contribution in [0.5, 0.6) is 5.75 Å². The van der Waals surface area contributed by atoms with Crippen molar-refractivity contribution in [1.29, 1.82) is 0 Å². The van der Waals surface area contributed by atoms with E-state index in [1.54, 1.807) is 18.4 Å². The van der Waals surface area contributed by atoms with E-state index in [1.807, 2.05) is 35.7 Å². The Labute approximate surface area is 152 Å². The van der Waals surface area contributed by atoms with Crippen molar-refractivity contribution in [3.05, 3.63) is 87.6 Å². The zero-order chi connectivity index (χ0) is 17.6. The Morgan fingerprint density at radius 1 is 1.08 bits per heavy atom. The van der Waals surface area contributed by atoms with Crippen molar-refractivity contribution in [3.63, 3.8) is 0 Å². The number of carbonyl (C=O) groups excluding carboxylic acids is 1. The fourth-order valence-corrected chi connectivity index (χ4v) is 3.48. The molecule has 2 aromatic carbocycles. The lowest BCUT2D eigenvalue weighted by molar-refractivity contribution is -0.120. The maximum Gasteiger partial charge on any atom is 0.225 e. The maximum atomic E-state index is 12.6. The summed E-state index contributed by atoms with van der Waals surface area (Å²) in [4.78, 5) is 13.7. The number of thiophene rings is 1. The van der Waals surface area contributed by atoms with E-state index < -0.39 is 0 Å². The molecule has 0 unspecified atom stereocenters. The largest absolute Gasteiger partial charge is 0.497 e. The third-order valence-electron chi connectivity index (χ3n) is 4.07. The molecule has 1 heterocycles. The lowest BCUT2D eigenvalue weighted by atomic mass is 10.0. The maximum absolute atomic E-state index is 12.6. The number of hydrogen-bond donors (Lipinski definition) is 1. The number of rotatable bonds is 6. The lowest BCUT2D eigenvalue weighted by Gasteiger charge is -2.18. The predicted molar refractivity (Wildman–Crippen MR) is 102 cm³/mol. The minimum atomic E-state index is -0.119. The standard InChI is InChI=1S/C21H21NO2S/c1-15-5-9-17(10-6-15)21(19-4-3-13-25-19)22-20(23)14-16-7-11-18(24-2)12-8-16/h3-13,21H,14H2,1-2H3,(H,22,23)/t21-/m0/s1. The summed E-state index contributed by atoms with van der Waals surface area (Å²) in [6, 6.07) is 19.8. The molecule has 3 rings (SSSR count). The zero-order valence-corrected chi connectivity index (χ0v) is 15.2. The molecule has 1 amide bonds. The molecule has 0 fully saturated rings. The summed E-state index contributed by atoms with van der Waals surface area (Å²) in [6.45, 7) is 2.06. The van der Waals surface area contributed by atoms with Gasteiger partial charge in [0.1, 0.15) is 5.75 Å². The summed E-state index contributed by atoms with van der Waals surface area (Å²) in [7, 11) is 1.63. The van der Waals surface area contributed by atoms with Gasteiger partial charge >= 0.3 is 0 Å². The van der Waals surface area contributed by atoms with Crippen LogP contribution < -0.4 is 10.1 Å². The molecule has 25 heavy (non-hydrogen) atoms. The van der Waals surface area contributed by atoms with Crippen LogP contribution in [0.25, 0.3) is 0 Å². The SMILES string of the molecule is COc1ccc(CC(=O)N[C@@H](c2ccc(C)cc2)c2cccs2)cc1. The average Bonchev–Trinajstić information content (AvgIpc) is 3.15. The van der Waals surface area contributed by atoms with E-state index in [4.69, 9.17) is 4.74 Å². The molecule has 0 bridgehead atoms. The normalized spacial score (nSPS) is 11.8. The van der Waals surface area contributed by atoms with Crippen LogP contribution in [0.4, 0.5) is 0 Å². The van der Waals surface area contributed by atoms with Gasteiger partial charge in [0.15, 0.2) is 0 Å². The summed E-state index contributed by atoms with van der Waals surface area (Å²) < 4.78 is 5.16. The van der Waals surface area contributed by atoms with Crippen molar-refractivity contribution in [2.45, 2.75) is 19.4 Å². The third kappa shape index (κ3) is 4.48. The van der Waals surface area contributed by atoms with E-state index in [9.17, 15) is 4.79 Å². The second-order valence-corrected chi connectivity index (χ2v) is 6.93. The summed E-state index contributed by atoms with van der Waals surface area (Å²) in [5.41, 5.74) is 3.27. The molecule has 0 aliphatic carbocycles. The number of nitrogens with one attached hydrogen (secondary N) is 1. The molecule has 128 valence electrons. The smallest absolute Gasteiger partial charge is 0.225 e. The van der Waals surface area contributed by atoms with Gasteiger partial charge < -0.3 is 10.1 Å². The van der Waals surface area contributed by atoms with Crippen LogP contribution in [0.1, 0.15) is 27.6 Å². The molecule has 0 aliphatic heterocycles.